The molecule has 3 saturated carbocycles. The first kappa shape index (κ1) is 12.0. The first-order valence-corrected chi connectivity index (χ1v) is 7.51. The molecule has 0 amide bonds. The quantitative estimate of drug-likeness (QED) is 0.776. The number of aliphatic hydroxyl groups is 2. The molecule has 0 heterocycles. The van der Waals surface area contributed by atoms with Gasteiger partial charge in [0.15, 0.2) is 0 Å². The minimum Gasteiger partial charge on any atom is -0.396 e. The Hall–Kier alpha value is -0.0800. The van der Waals surface area contributed by atoms with Crippen molar-refractivity contribution in [3.63, 3.8) is 0 Å². The largest absolute Gasteiger partial charge is 0.396 e. The molecule has 5 atom stereocenters. The van der Waals surface area contributed by atoms with Crippen molar-refractivity contribution in [2.75, 3.05) is 13.2 Å². The highest BCUT2D eigenvalue weighted by molar-refractivity contribution is 5.03. The second kappa shape index (κ2) is 4.55. The minimum atomic E-state index is 0.0790. The minimum absolute atomic E-state index is 0.0790. The van der Waals surface area contributed by atoms with E-state index in [0.717, 1.165) is 11.8 Å². The summed E-state index contributed by atoms with van der Waals surface area (Å²) in [5.41, 5.74) is 0.0790. The van der Waals surface area contributed by atoms with Gasteiger partial charge in [-0.2, -0.15) is 0 Å². The van der Waals surface area contributed by atoms with Crippen molar-refractivity contribution >= 4 is 0 Å². The van der Waals surface area contributed by atoms with Crippen LogP contribution in [0.5, 0.6) is 0 Å². The number of fused-ring (bicyclic) bond motifs is 4. The third-order valence-electron chi connectivity index (χ3n) is 6.12. The zero-order valence-corrected chi connectivity index (χ0v) is 10.8. The summed E-state index contributed by atoms with van der Waals surface area (Å²) in [4.78, 5) is 0. The fourth-order valence-corrected chi connectivity index (χ4v) is 5.41. The van der Waals surface area contributed by atoms with Gasteiger partial charge in [-0.3, -0.25) is 0 Å². The van der Waals surface area contributed by atoms with Gasteiger partial charge in [-0.1, -0.05) is 32.1 Å². The summed E-state index contributed by atoms with van der Waals surface area (Å²) in [6, 6.07) is 0. The topological polar surface area (TPSA) is 40.5 Å². The van der Waals surface area contributed by atoms with Gasteiger partial charge in [-0.05, 0) is 48.3 Å². The summed E-state index contributed by atoms with van der Waals surface area (Å²) in [6.45, 7) is 0.607. The van der Waals surface area contributed by atoms with Crippen molar-refractivity contribution < 1.29 is 10.2 Å². The second-order valence-electron chi connectivity index (χ2n) is 6.87. The maximum absolute atomic E-state index is 9.93. The molecule has 2 N–H and O–H groups in total. The predicted octanol–water partition coefficient (Wildman–Crippen LogP) is 2.58. The molecule has 4 bridgehead atoms. The van der Waals surface area contributed by atoms with Crippen molar-refractivity contribution in [2.24, 2.45) is 29.1 Å². The van der Waals surface area contributed by atoms with Gasteiger partial charge in [0.25, 0.3) is 0 Å². The molecule has 2 heteroatoms. The first-order chi connectivity index (χ1) is 8.29. The highest BCUT2D eigenvalue weighted by atomic mass is 16.3. The molecular formula is C15H26O2. The predicted molar refractivity (Wildman–Crippen MR) is 67.5 cm³/mol. The Morgan fingerprint density at radius 3 is 2.41 bits per heavy atom. The van der Waals surface area contributed by atoms with Crippen molar-refractivity contribution in [3.05, 3.63) is 0 Å². The maximum Gasteiger partial charge on any atom is 0.0491 e. The smallest absolute Gasteiger partial charge is 0.0491 e. The number of aliphatic hydroxyl groups excluding tert-OH is 2. The van der Waals surface area contributed by atoms with Gasteiger partial charge in [0, 0.05) is 13.2 Å². The zero-order chi connectivity index (χ0) is 11.9. The highest BCUT2D eigenvalue weighted by Crippen LogP contribution is 2.59. The van der Waals surface area contributed by atoms with Gasteiger partial charge in [0.2, 0.25) is 0 Å². The Kier molecular flexibility index (Phi) is 3.20. The summed E-state index contributed by atoms with van der Waals surface area (Å²) >= 11 is 0. The van der Waals surface area contributed by atoms with Crippen LogP contribution in [0, 0.1) is 29.1 Å². The lowest BCUT2D eigenvalue weighted by molar-refractivity contribution is 0.00370. The van der Waals surface area contributed by atoms with Gasteiger partial charge in [-0.15, -0.1) is 0 Å². The summed E-state index contributed by atoms with van der Waals surface area (Å²) in [5.74, 6) is 2.69. The summed E-state index contributed by atoms with van der Waals surface area (Å²) in [7, 11) is 0. The van der Waals surface area contributed by atoms with Gasteiger partial charge >= 0.3 is 0 Å². The summed E-state index contributed by atoms with van der Waals surface area (Å²) in [5, 5.41) is 19.7. The lowest BCUT2D eigenvalue weighted by Crippen LogP contribution is -2.37. The van der Waals surface area contributed by atoms with Crippen LogP contribution in [0.15, 0.2) is 0 Å². The van der Waals surface area contributed by atoms with Crippen LogP contribution >= 0.6 is 0 Å². The lowest BCUT2D eigenvalue weighted by atomic mass is 9.67. The molecule has 0 saturated heterocycles. The van der Waals surface area contributed by atoms with Crippen LogP contribution in [0.4, 0.5) is 0 Å². The average Bonchev–Trinajstić information content (AvgIpc) is 2.65. The van der Waals surface area contributed by atoms with E-state index in [1.807, 2.05) is 0 Å². The molecule has 5 unspecified atom stereocenters. The van der Waals surface area contributed by atoms with E-state index in [1.54, 1.807) is 0 Å². The molecule has 0 aromatic heterocycles. The van der Waals surface area contributed by atoms with Crippen molar-refractivity contribution in [3.8, 4) is 0 Å². The molecule has 3 rings (SSSR count). The molecule has 3 fully saturated rings. The third kappa shape index (κ3) is 1.84. The first-order valence-electron chi connectivity index (χ1n) is 7.51. The normalized spacial score (nSPS) is 49.8. The fraction of sp³-hybridized carbons (Fsp3) is 1.00. The van der Waals surface area contributed by atoms with Gasteiger partial charge in [0.05, 0.1) is 0 Å². The Balaban J connectivity index is 1.97. The molecule has 3 aliphatic rings. The molecule has 0 spiro atoms. The zero-order valence-electron chi connectivity index (χ0n) is 10.8. The summed E-state index contributed by atoms with van der Waals surface area (Å²) in [6.07, 6.45) is 10.5. The van der Waals surface area contributed by atoms with Crippen LogP contribution in [0.25, 0.3) is 0 Å². The maximum atomic E-state index is 9.93. The van der Waals surface area contributed by atoms with Crippen molar-refractivity contribution in [1.29, 1.82) is 0 Å². The van der Waals surface area contributed by atoms with Crippen molar-refractivity contribution in [2.45, 2.75) is 51.4 Å². The molecule has 17 heavy (non-hydrogen) atoms. The number of rotatable bonds is 2. The Morgan fingerprint density at radius 2 is 1.71 bits per heavy atom. The molecular weight excluding hydrogens is 212 g/mol. The highest BCUT2D eigenvalue weighted by Gasteiger charge is 2.54. The van der Waals surface area contributed by atoms with E-state index in [-0.39, 0.29) is 5.41 Å². The van der Waals surface area contributed by atoms with E-state index < -0.39 is 0 Å². The molecule has 0 aromatic rings. The molecule has 2 nitrogen and oxygen atoms in total. The molecule has 0 aliphatic heterocycles. The SMILES string of the molecule is OCC1C2CCCC3CCCC2CC1(CO)C3. The van der Waals surface area contributed by atoms with E-state index in [2.05, 4.69) is 0 Å². The fourth-order valence-electron chi connectivity index (χ4n) is 5.41. The molecule has 3 aliphatic carbocycles. The van der Waals surface area contributed by atoms with Crippen molar-refractivity contribution in [1.82, 2.24) is 0 Å². The number of hydrogen-bond acceptors (Lipinski definition) is 2. The van der Waals surface area contributed by atoms with Crippen LogP contribution < -0.4 is 0 Å². The Labute approximate surface area is 104 Å². The van der Waals surface area contributed by atoms with Crippen LogP contribution in [0.1, 0.15) is 51.4 Å². The lowest BCUT2D eigenvalue weighted by Gasteiger charge is -2.39. The summed E-state index contributed by atoms with van der Waals surface area (Å²) < 4.78 is 0. The standard InChI is InChI=1S/C15H26O2/c16-9-14-13-6-2-4-11-3-1-5-12(13)8-15(14,7-11)10-17/h11-14,16-17H,1-10H2. The van der Waals surface area contributed by atoms with E-state index in [0.29, 0.717) is 25.0 Å². The van der Waals surface area contributed by atoms with E-state index in [9.17, 15) is 10.2 Å². The van der Waals surface area contributed by atoms with Crippen LogP contribution in [-0.2, 0) is 0 Å². The second-order valence-corrected chi connectivity index (χ2v) is 6.87. The van der Waals surface area contributed by atoms with Crippen LogP contribution in [0.2, 0.25) is 0 Å². The van der Waals surface area contributed by atoms with E-state index >= 15 is 0 Å². The van der Waals surface area contributed by atoms with Gasteiger partial charge in [-0.25, -0.2) is 0 Å². The van der Waals surface area contributed by atoms with Crippen LogP contribution in [-0.4, -0.2) is 23.4 Å². The Bertz CT molecular complexity index is 276. The Morgan fingerprint density at radius 1 is 0.941 bits per heavy atom. The molecule has 0 aromatic carbocycles. The molecule has 98 valence electrons. The van der Waals surface area contributed by atoms with Crippen LogP contribution in [0.3, 0.4) is 0 Å². The van der Waals surface area contributed by atoms with E-state index in [4.69, 9.17) is 0 Å². The molecule has 0 radical (unpaired) electrons. The monoisotopic (exact) mass is 238 g/mol. The number of hydrogen-bond donors (Lipinski definition) is 2. The van der Waals surface area contributed by atoms with E-state index in [1.165, 1.54) is 51.4 Å². The van der Waals surface area contributed by atoms with Gasteiger partial charge in [0.1, 0.15) is 0 Å². The average molecular weight is 238 g/mol. The third-order valence-corrected chi connectivity index (χ3v) is 6.12. The van der Waals surface area contributed by atoms with Gasteiger partial charge < -0.3 is 10.2 Å².